The summed E-state index contributed by atoms with van der Waals surface area (Å²) in [5.41, 5.74) is 1.53. The second kappa shape index (κ2) is 10.5. The second-order valence-corrected chi connectivity index (χ2v) is 7.16. The third-order valence-corrected chi connectivity index (χ3v) is 5.13. The lowest BCUT2D eigenvalue weighted by atomic mass is 10.1. The number of para-hydroxylation sites is 2. The summed E-state index contributed by atoms with van der Waals surface area (Å²) in [5.74, 6) is -0.454. The van der Waals surface area contributed by atoms with Gasteiger partial charge in [0, 0.05) is 10.5 Å². The molecule has 6 heteroatoms. The number of amides is 1. The molecule has 1 unspecified atom stereocenters. The number of rotatable bonds is 8. The molecule has 0 aliphatic heterocycles. The first kappa shape index (κ1) is 21.5. The summed E-state index contributed by atoms with van der Waals surface area (Å²) in [7, 11) is 0. The van der Waals surface area contributed by atoms with Crippen LogP contribution < -0.4 is 10.1 Å². The first-order valence-corrected chi connectivity index (χ1v) is 10.8. The van der Waals surface area contributed by atoms with Gasteiger partial charge in [-0.05, 0) is 37.4 Å². The predicted octanol–water partition coefficient (Wildman–Crippen LogP) is 5.34. The molecule has 0 heterocycles. The van der Waals surface area contributed by atoms with E-state index in [1.54, 1.807) is 54.6 Å². The Morgan fingerprint density at radius 1 is 0.933 bits per heavy atom. The van der Waals surface area contributed by atoms with Crippen molar-refractivity contribution in [2.45, 2.75) is 17.9 Å². The maximum atomic E-state index is 13.1. The van der Waals surface area contributed by atoms with Crippen molar-refractivity contribution in [1.82, 2.24) is 0 Å². The van der Waals surface area contributed by atoms with E-state index in [1.165, 1.54) is 11.8 Å². The highest BCUT2D eigenvalue weighted by molar-refractivity contribution is 7.98. The average Bonchev–Trinajstić information content (AvgIpc) is 2.79. The highest BCUT2D eigenvalue weighted by Gasteiger charge is 2.27. The summed E-state index contributed by atoms with van der Waals surface area (Å²) in [4.78, 5) is 26.8. The van der Waals surface area contributed by atoms with E-state index in [9.17, 15) is 9.59 Å². The van der Waals surface area contributed by atoms with Crippen LogP contribution in [-0.4, -0.2) is 24.7 Å². The van der Waals surface area contributed by atoms with Crippen molar-refractivity contribution < 1.29 is 19.1 Å². The number of esters is 1. The molecule has 3 aromatic carbocycles. The molecule has 5 nitrogen and oxygen atoms in total. The van der Waals surface area contributed by atoms with Crippen LogP contribution >= 0.6 is 11.8 Å². The van der Waals surface area contributed by atoms with Crippen LogP contribution in [0.15, 0.2) is 83.8 Å². The van der Waals surface area contributed by atoms with Crippen molar-refractivity contribution in [2.75, 3.05) is 18.2 Å². The first-order chi connectivity index (χ1) is 14.6. The Morgan fingerprint density at radius 2 is 1.60 bits per heavy atom. The van der Waals surface area contributed by atoms with Gasteiger partial charge in [0.25, 0.3) is 5.91 Å². The van der Waals surface area contributed by atoms with E-state index in [0.29, 0.717) is 29.2 Å². The lowest BCUT2D eigenvalue weighted by Gasteiger charge is -2.20. The van der Waals surface area contributed by atoms with E-state index in [4.69, 9.17) is 9.47 Å². The molecule has 0 saturated carbocycles. The Labute approximate surface area is 180 Å². The standard InChI is InChI=1S/C24H23NO4S/c1-3-28-20-15-9-8-14-19(20)25-23(26)22(17-11-5-4-6-12-17)29-24(27)18-13-7-10-16-21(18)30-2/h4-16,22H,3H2,1-2H3,(H,25,26). The molecule has 0 radical (unpaired) electrons. The molecular formula is C24H23NO4S. The normalized spacial score (nSPS) is 11.4. The average molecular weight is 422 g/mol. The maximum Gasteiger partial charge on any atom is 0.340 e. The Balaban J connectivity index is 1.88. The third kappa shape index (κ3) is 5.21. The highest BCUT2D eigenvalue weighted by atomic mass is 32.2. The fourth-order valence-corrected chi connectivity index (χ4v) is 3.52. The number of ether oxygens (including phenoxy) is 2. The Hall–Kier alpha value is -3.25. The van der Waals surface area contributed by atoms with Gasteiger partial charge in [0.15, 0.2) is 0 Å². The molecule has 0 aliphatic rings. The fraction of sp³-hybridized carbons (Fsp3) is 0.167. The molecule has 0 aromatic heterocycles. The molecule has 30 heavy (non-hydrogen) atoms. The number of hydrogen-bond donors (Lipinski definition) is 1. The van der Waals surface area contributed by atoms with Crippen molar-refractivity contribution in [3.63, 3.8) is 0 Å². The summed E-state index contributed by atoms with van der Waals surface area (Å²) >= 11 is 1.45. The van der Waals surface area contributed by atoms with Crippen LogP contribution in [0.5, 0.6) is 5.75 Å². The van der Waals surface area contributed by atoms with E-state index in [0.717, 1.165) is 4.90 Å². The zero-order valence-electron chi connectivity index (χ0n) is 16.8. The number of nitrogens with one attached hydrogen (secondary N) is 1. The van der Waals surface area contributed by atoms with E-state index in [1.807, 2.05) is 37.4 Å². The second-order valence-electron chi connectivity index (χ2n) is 6.31. The molecule has 0 spiro atoms. The molecule has 0 saturated heterocycles. The molecule has 3 rings (SSSR count). The summed E-state index contributed by atoms with van der Waals surface area (Å²) in [5, 5.41) is 2.83. The van der Waals surface area contributed by atoms with Crippen LogP contribution in [0.1, 0.15) is 28.9 Å². The number of thioether (sulfide) groups is 1. The minimum atomic E-state index is -1.11. The summed E-state index contributed by atoms with van der Waals surface area (Å²) in [6.45, 7) is 2.34. The van der Waals surface area contributed by atoms with Crippen LogP contribution in [0, 0.1) is 0 Å². The Kier molecular flexibility index (Phi) is 7.51. The number of anilines is 1. The van der Waals surface area contributed by atoms with Crippen LogP contribution in [0.2, 0.25) is 0 Å². The van der Waals surface area contributed by atoms with Crippen molar-refractivity contribution in [2.24, 2.45) is 0 Å². The van der Waals surface area contributed by atoms with Crippen LogP contribution in [0.3, 0.4) is 0 Å². The maximum absolute atomic E-state index is 13.1. The van der Waals surface area contributed by atoms with Gasteiger partial charge < -0.3 is 14.8 Å². The van der Waals surface area contributed by atoms with Crippen LogP contribution in [0.25, 0.3) is 0 Å². The van der Waals surface area contributed by atoms with Crippen molar-refractivity contribution >= 4 is 29.3 Å². The van der Waals surface area contributed by atoms with E-state index in [2.05, 4.69) is 5.32 Å². The number of carbonyl (C=O) groups excluding carboxylic acids is 2. The van der Waals surface area contributed by atoms with E-state index < -0.39 is 18.0 Å². The lowest BCUT2D eigenvalue weighted by Crippen LogP contribution is -2.26. The number of benzene rings is 3. The quantitative estimate of drug-likeness (QED) is 0.393. The van der Waals surface area contributed by atoms with Gasteiger partial charge in [0.05, 0.1) is 17.9 Å². The Morgan fingerprint density at radius 3 is 2.33 bits per heavy atom. The minimum Gasteiger partial charge on any atom is -0.492 e. The zero-order chi connectivity index (χ0) is 21.3. The predicted molar refractivity (Wildman–Crippen MR) is 119 cm³/mol. The minimum absolute atomic E-state index is 0.424. The van der Waals surface area contributed by atoms with Gasteiger partial charge in [0.1, 0.15) is 5.75 Å². The molecule has 3 aromatic rings. The smallest absolute Gasteiger partial charge is 0.340 e. The topological polar surface area (TPSA) is 64.6 Å². The van der Waals surface area contributed by atoms with Gasteiger partial charge in [0.2, 0.25) is 6.10 Å². The van der Waals surface area contributed by atoms with Gasteiger partial charge in [-0.1, -0.05) is 54.6 Å². The van der Waals surface area contributed by atoms with E-state index >= 15 is 0 Å². The fourth-order valence-electron chi connectivity index (χ4n) is 2.93. The summed E-state index contributed by atoms with van der Waals surface area (Å²) in [6, 6.07) is 23.3. The molecular weight excluding hydrogens is 398 g/mol. The van der Waals surface area contributed by atoms with E-state index in [-0.39, 0.29) is 0 Å². The van der Waals surface area contributed by atoms with Gasteiger partial charge in [-0.25, -0.2) is 4.79 Å². The molecule has 1 amide bonds. The third-order valence-electron chi connectivity index (χ3n) is 4.34. The summed E-state index contributed by atoms with van der Waals surface area (Å²) in [6.07, 6.45) is 0.779. The molecule has 0 fully saturated rings. The highest BCUT2D eigenvalue weighted by Crippen LogP contribution is 2.28. The van der Waals surface area contributed by atoms with Crippen molar-refractivity contribution in [3.05, 3.63) is 90.0 Å². The first-order valence-electron chi connectivity index (χ1n) is 9.55. The van der Waals surface area contributed by atoms with Crippen molar-refractivity contribution in [3.8, 4) is 5.75 Å². The number of hydrogen-bond acceptors (Lipinski definition) is 5. The molecule has 1 atom stereocenters. The Bertz CT molecular complexity index is 1010. The molecule has 1 N–H and O–H groups in total. The van der Waals surface area contributed by atoms with Crippen LogP contribution in [-0.2, 0) is 9.53 Å². The molecule has 0 aliphatic carbocycles. The SMILES string of the molecule is CCOc1ccccc1NC(=O)C(OC(=O)c1ccccc1SC)c1ccccc1. The van der Waals surface area contributed by atoms with Crippen molar-refractivity contribution in [1.29, 1.82) is 0 Å². The largest absolute Gasteiger partial charge is 0.492 e. The van der Waals surface area contributed by atoms with Gasteiger partial charge in [-0.3, -0.25) is 4.79 Å². The van der Waals surface area contributed by atoms with Crippen LogP contribution in [0.4, 0.5) is 5.69 Å². The van der Waals surface area contributed by atoms with Gasteiger partial charge in [-0.2, -0.15) is 0 Å². The molecule has 154 valence electrons. The van der Waals surface area contributed by atoms with Gasteiger partial charge >= 0.3 is 5.97 Å². The molecule has 0 bridgehead atoms. The van der Waals surface area contributed by atoms with Gasteiger partial charge in [-0.15, -0.1) is 11.8 Å². The zero-order valence-corrected chi connectivity index (χ0v) is 17.6. The number of carbonyl (C=O) groups is 2. The monoisotopic (exact) mass is 421 g/mol. The lowest BCUT2D eigenvalue weighted by molar-refractivity contribution is -0.125. The summed E-state index contributed by atoms with van der Waals surface area (Å²) < 4.78 is 11.3.